The Kier molecular flexibility index (Phi) is 7.55. The largest absolute Gasteiger partial charge is 0.366 e. The molecule has 2 aromatic heterocycles. The minimum atomic E-state index is -0.0368. The van der Waals surface area contributed by atoms with Crippen LogP contribution in [-0.4, -0.2) is 26.3 Å². The van der Waals surface area contributed by atoms with E-state index in [2.05, 4.69) is 31.7 Å². The maximum absolute atomic E-state index is 12.3. The summed E-state index contributed by atoms with van der Waals surface area (Å²) in [7, 11) is 0. The van der Waals surface area contributed by atoms with Crippen molar-refractivity contribution in [3.63, 3.8) is 0 Å². The Bertz CT molecular complexity index is 1510. The van der Waals surface area contributed by atoms with Gasteiger partial charge in [0.25, 0.3) is 0 Å². The first-order chi connectivity index (χ1) is 17.6. The SMILES string of the molecule is O=C(CSc1ccccc1)Nc1ccc(CNc2cc(-c3ccccc3Cl)nc3c(Br)cnn23)cc1. The van der Waals surface area contributed by atoms with Gasteiger partial charge in [0, 0.05) is 33.8 Å². The monoisotopic (exact) mass is 577 g/mol. The number of nitrogens with zero attached hydrogens (tertiary/aromatic N) is 3. The lowest BCUT2D eigenvalue weighted by Crippen LogP contribution is -2.14. The average molecular weight is 579 g/mol. The van der Waals surface area contributed by atoms with Gasteiger partial charge in [0.2, 0.25) is 5.91 Å². The third-order valence-electron chi connectivity index (χ3n) is 5.40. The predicted molar refractivity (Wildman–Crippen MR) is 151 cm³/mol. The Morgan fingerprint density at radius 1 is 1.00 bits per heavy atom. The minimum absolute atomic E-state index is 0.0368. The topological polar surface area (TPSA) is 71.3 Å². The summed E-state index contributed by atoms with van der Waals surface area (Å²) in [6.45, 7) is 0.566. The third kappa shape index (κ3) is 5.73. The van der Waals surface area contributed by atoms with Gasteiger partial charge in [0.1, 0.15) is 5.82 Å². The highest BCUT2D eigenvalue weighted by Crippen LogP contribution is 2.30. The van der Waals surface area contributed by atoms with E-state index in [1.54, 1.807) is 10.7 Å². The number of hydrogen-bond acceptors (Lipinski definition) is 5. The zero-order valence-corrected chi connectivity index (χ0v) is 22.1. The van der Waals surface area contributed by atoms with E-state index in [1.165, 1.54) is 11.8 Å². The van der Waals surface area contributed by atoms with Crippen LogP contribution in [0.2, 0.25) is 5.02 Å². The molecule has 1 amide bonds. The highest BCUT2D eigenvalue weighted by molar-refractivity contribution is 9.10. The zero-order valence-electron chi connectivity index (χ0n) is 19.0. The molecule has 0 aliphatic rings. The van der Waals surface area contributed by atoms with E-state index in [0.29, 0.717) is 23.0 Å². The van der Waals surface area contributed by atoms with Crippen molar-refractivity contribution in [3.8, 4) is 11.3 Å². The van der Waals surface area contributed by atoms with Crippen molar-refractivity contribution in [2.75, 3.05) is 16.4 Å². The van der Waals surface area contributed by atoms with E-state index >= 15 is 0 Å². The molecule has 5 aromatic rings. The molecule has 0 saturated carbocycles. The second kappa shape index (κ2) is 11.2. The number of hydrogen-bond donors (Lipinski definition) is 2. The van der Waals surface area contributed by atoms with Crippen molar-refractivity contribution in [1.82, 2.24) is 14.6 Å². The number of thioether (sulfide) groups is 1. The number of halogens is 2. The smallest absolute Gasteiger partial charge is 0.234 e. The average Bonchev–Trinajstić information content (AvgIpc) is 3.28. The summed E-state index contributed by atoms with van der Waals surface area (Å²) in [4.78, 5) is 18.1. The van der Waals surface area contributed by atoms with Gasteiger partial charge in [-0.05, 0) is 51.8 Å². The van der Waals surface area contributed by atoms with Gasteiger partial charge in [0.15, 0.2) is 5.65 Å². The molecular formula is C27H21BrClN5OS. The lowest BCUT2D eigenvalue weighted by molar-refractivity contribution is -0.113. The molecule has 2 N–H and O–H groups in total. The van der Waals surface area contributed by atoms with E-state index < -0.39 is 0 Å². The maximum Gasteiger partial charge on any atom is 0.234 e. The number of benzene rings is 3. The standard InChI is InChI=1S/C27H21BrClN5OS/c28-22-16-31-34-25(14-24(33-27(22)34)21-8-4-5-9-23(21)29)30-15-18-10-12-19(13-11-18)32-26(35)17-36-20-6-2-1-3-7-20/h1-14,16,30H,15,17H2,(H,32,35). The van der Waals surface area contributed by atoms with E-state index in [-0.39, 0.29) is 5.91 Å². The summed E-state index contributed by atoms with van der Waals surface area (Å²) in [6.07, 6.45) is 1.72. The number of rotatable bonds is 8. The first-order valence-electron chi connectivity index (χ1n) is 11.2. The van der Waals surface area contributed by atoms with Crippen molar-refractivity contribution >= 4 is 62.4 Å². The van der Waals surface area contributed by atoms with Crippen molar-refractivity contribution in [1.29, 1.82) is 0 Å². The summed E-state index contributed by atoms with van der Waals surface area (Å²) in [5.41, 5.74) is 4.12. The predicted octanol–water partition coefficient (Wildman–Crippen LogP) is 7.16. The Morgan fingerprint density at radius 3 is 2.53 bits per heavy atom. The van der Waals surface area contributed by atoms with E-state index in [0.717, 1.165) is 37.7 Å². The van der Waals surface area contributed by atoms with Gasteiger partial charge in [-0.2, -0.15) is 9.61 Å². The number of aromatic nitrogens is 3. The first-order valence-corrected chi connectivity index (χ1v) is 13.3. The van der Waals surface area contributed by atoms with Crippen LogP contribution in [0, 0.1) is 0 Å². The fourth-order valence-electron chi connectivity index (χ4n) is 3.63. The molecule has 9 heteroatoms. The lowest BCUT2D eigenvalue weighted by atomic mass is 10.1. The zero-order chi connectivity index (χ0) is 24.9. The van der Waals surface area contributed by atoms with Gasteiger partial charge < -0.3 is 10.6 Å². The number of carbonyl (C=O) groups is 1. The molecule has 0 spiro atoms. The van der Waals surface area contributed by atoms with Crippen LogP contribution < -0.4 is 10.6 Å². The van der Waals surface area contributed by atoms with Gasteiger partial charge in [-0.3, -0.25) is 4.79 Å². The van der Waals surface area contributed by atoms with E-state index in [1.807, 2.05) is 84.9 Å². The van der Waals surface area contributed by atoms with Crippen molar-refractivity contribution < 1.29 is 4.79 Å². The molecule has 0 aliphatic carbocycles. The molecule has 36 heavy (non-hydrogen) atoms. The van der Waals surface area contributed by atoms with Crippen LogP contribution in [0.5, 0.6) is 0 Å². The van der Waals surface area contributed by atoms with Crippen LogP contribution in [0.25, 0.3) is 16.9 Å². The van der Waals surface area contributed by atoms with Gasteiger partial charge in [-0.15, -0.1) is 11.8 Å². The normalized spacial score (nSPS) is 10.9. The fraction of sp³-hybridized carbons (Fsp3) is 0.0741. The summed E-state index contributed by atoms with van der Waals surface area (Å²) in [5, 5.41) is 11.5. The number of anilines is 2. The Hall–Kier alpha value is -3.33. The molecule has 0 aliphatic heterocycles. The summed E-state index contributed by atoms with van der Waals surface area (Å²) >= 11 is 11.5. The molecule has 0 radical (unpaired) electrons. The van der Waals surface area contributed by atoms with Crippen LogP contribution in [0.4, 0.5) is 11.5 Å². The molecule has 5 rings (SSSR count). The number of fused-ring (bicyclic) bond motifs is 1. The number of amides is 1. The molecular weight excluding hydrogens is 558 g/mol. The van der Waals surface area contributed by atoms with E-state index in [9.17, 15) is 4.79 Å². The third-order valence-corrected chi connectivity index (χ3v) is 7.30. The molecule has 0 unspecified atom stereocenters. The Morgan fingerprint density at radius 2 is 1.75 bits per heavy atom. The van der Waals surface area contributed by atoms with Crippen LogP contribution >= 0.6 is 39.3 Å². The van der Waals surface area contributed by atoms with Gasteiger partial charge in [-0.1, -0.05) is 60.1 Å². The summed E-state index contributed by atoms with van der Waals surface area (Å²) < 4.78 is 2.55. The number of carbonyl (C=O) groups excluding carboxylic acids is 1. The Balaban J connectivity index is 1.26. The molecule has 3 aromatic carbocycles. The minimum Gasteiger partial charge on any atom is -0.366 e. The van der Waals surface area contributed by atoms with Gasteiger partial charge in [0.05, 0.1) is 22.1 Å². The lowest BCUT2D eigenvalue weighted by Gasteiger charge is -2.12. The van der Waals surface area contributed by atoms with Crippen LogP contribution in [0.15, 0.2) is 100 Å². The van der Waals surface area contributed by atoms with Crippen LogP contribution in [-0.2, 0) is 11.3 Å². The quantitative estimate of drug-likeness (QED) is 0.191. The van der Waals surface area contributed by atoms with Crippen molar-refractivity contribution in [2.24, 2.45) is 0 Å². The van der Waals surface area contributed by atoms with Crippen LogP contribution in [0.3, 0.4) is 0 Å². The molecule has 2 heterocycles. The molecule has 0 atom stereocenters. The molecule has 180 valence electrons. The Labute approximate surface area is 226 Å². The number of nitrogens with one attached hydrogen (secondary N) is 2. The summed E-state index contributed by atoms with van der Waals surface area (Å²) in [5.74, 6) is 1.11. The van der Waals surface area contributed by atoms with Crippen molar-refractivity contribution in [2.45, 2.75) is 11.4 Å². The molecule has 0 saturated heterocycles. The second-order valence-electron chi connectivity index (χ2n) is 7.93. The first kappa shape index (κ1) is 24.4. The molecule has 6 nitrogen and oxygen atoms in total. The highest BCUT2D eigenvalue weighted by Gasteiger charge is 2.13. The summed E-state index contributed by atoms with van der Waals surface area (Å²) in [6, 6.07) is 27.2. The fourth-order valence-corrected chi connectivity index (χ4v) is 4.93. The molecule has 0 bridgehead atoms. The highest BCUT2D eigenvalue weighted by atomic mass is 79.9. The van der Waals surface area contributed by atoms with Crippen LogP contribution in [0.1, 0.15) is 5.56 Å². The van der Waals surface area contributed by atoms with Gasteiger partial charge >= 0.3 is 0 Å². The molecule has 0 fully saturated rings. The maximum atomic E-state index is 12.3. The van der Waals surface area contributed by atoms with Crippen molar-refractivity contribution in [3.05, 3.63) is 106 Å². The second-order valence-corrected chi connectivity index (χ2v) is 10.2. The van der Waals surface area contributed by atoms with E-state index in [4.69, 9.17) is 16.6 Å². The van der Waals surface area contributed by atoms with Gasteiger partial charge in [-0.25, -0.2) is 4.98 Å².